The van der Waals surface area contributed by atoms with E-state index in [2.05, 4.69) is 12.2 Å². The van der Waals surface area contributed by atoms with Crippen LogP contribution in [0.25, 0.3) is 0 Å². The van der Waals surface area contributed by atoms with E-state index in [4.69, 9.17) is 4.74 Å². The molecule has 1 fully saturated rings. The van der Waals surface area contributed by atoms with Crippen LogP contribution in [0.3, 0.4) is 0 Å². The third kappa shape index (κ3) is 1.96. The molecule has 1 aromatic rings. The number of carbonyl (C=O) groups excluding carboxylic acids is 1. The third-order valence-electron chi connectivity index (χ3n) is 2.21. The maximum Gasteiger partial charge on any atom is 0.261 e. The fourth-order valence-corrected chi connectivity index (χ4v) is 2.12. The van der Waals surface area contributed by atoms with Gasteiger partial charge in [-0.2, -0.15) is 0 Å². The first-order chi connectivity index (χ1) is 6.79. The minimum atomic E-state index is 0.0306. The minimum Gasteiger partial charge on any atom is -0.377 e. The van der Waals surface area contributed by atoms with Crippen LogP contribution < -0.4 is 5.32 Å². The van der Waals surface area contributed by atoms with E-state index in [9.17, 15) is 4.79 Å². The minimum absolute atomic E-state index is 0.0306. The normalized spacial score (nSPS) is 16.4. The summed E-state index contributed by atoms with van der Waals surface area (Å²) in [6.07, 6.45) is 0.991. The summed E-state index contributed by atoms with van der Waals surface area (Å²) in [7, 11) is 0. The summed E-state index contributed by atoms with van der Waals surface area (Å²) in [5.74, 6) is 0.0306. The Labute approximate surface area is 87.1 Å². The van der Waals surface area contributed by atoms with Crippen molar-refractivity contribution in [3.05, 3.63) is 21.9 Å². The fourth-order valence-electron chi connectivity index (χ4n) is 1.27. The Kier molecular flexibility index (Phi) is 2.84. The van der Waals surface area contributed by atoms with Crippen molar-refractivity contribution in [2.24, 2.45) is 0 Å². The van der Waals surface area contributed by atoms with E-state index >= 15 is 0 Å². The highest BCUT2D eigenvalue weighted by Crippen LogP contribution is 2.17. The molecule has 1 amide bonds. The van der Waals surface area contributed by atoms with Crippen LogP contribution in [0.15, 0.2) is 12.1 Å². The summed E-state index contributed by atoms with van der Waals surface area (Å²) in [5.41, 5.74) is 0. The number of nitrogens with one attached hydrogen (secondary N) is 1. The molecule has 2 heterocycles. The van der Waals surface area contributed by atoms with Crippen LogP contribution in [0.4, 0.5) is 0 Å². The topological polar surface area (TPSA) is 38.3 Å². The predicted molar refractivity (Wildman–Crippen MR) is 55.8 cm³/mol. The number of thiophene rings is 1. The molecule has 2 rings (SSSR count). The van der Waals surface area contributed by atoms with Crippen molar-refractivity contribution < 1.29 is 9.53 Å². The van der Waals surface area contributed by atoms with Crippen molar-refractivity contribution in [3.8, 4) is 0 Å². The van der Waals surface area contributed by atoms with Crippen LogP contribution in [-0.4, -0.2) is 25.2 Å². The number of rotatable bonds is 3. The van der Waals surface area contributed by atoms with Gasteiger partial charge in [0.1, 0.15) is 0 Å². The van der Waals surface area contributed by atoms with Gasteiger partial charge in [0, 0.05) is 4.88 Å². The molecule has 3 nitrogen and oxygen atoms in total. The fraction of sp³-hybridized carbons (Fsp3) is 0.500. The molecule has 0 radical (unpaired) electrons. The Morgan fingerprint density at radius 1 is 1.64 bits per heavy atom. The van der Waals surface area contributed by atoms with Gasteiger partial charge in [0.05, 0.1) is 24.1 Å². The molecule has 0 saturated carbocycles. The molecule has 1 N–H and O–H groups in total. The first-order valence-electron chi connectivity index (χ1n) is 4.77. The molecule has 1 aromatic heterocycles. The second-order valence-electron chi connectivity index (χ2n) is 3.33. The highest BCUT2D eigenvalue weighted by Gasteiger charge is 2.21. The number of carbonyl (C=O) groups is 1. The van der Waals surface area contributed by atoms with Gasteiger partial charge in [-0.05, 0) is 18.6 Å². The molecule has 14 heavy (non-hydrogen) atoms. The van der Waals surface area contributed by atoms with E-state index in [1.165, 1.54) is 4.88 Å². The molecular weight excluding hydrogens is 198 g/mol. The van der Waals surface area contributed by atoms with Crippen LogP contribution >= 0.6 is 11.3 Å². The molecule has 1 aliphatic rings. The summed E-state index contributed by atoms with van der Waals surface area (Å²) in [5, 5.41) is 2.92. The summed E-state index contributed by atoms with van der Waals surface area (Å²) < 4.78 is 4.99. The first kappa shape index (κ1) is 9.68. The lowest BCUT2D eigenvalue weighted by Crippen LogP contribution is -2.48. The second kappa shape index (κ2) is 4.11. The molecule has 0 aliphatic carbocycles. The molecule has 0 atom stereocenters. The average Bonchev–Trinajstić information content (AvgIpc) is 2.59. The first-order valence-corrected chi connectivity index (χ1v) is 5.58. The Bertz CT molecular complexity index is 331. The van der Waals surface area contributed by atoms with Gasteiger partial charge in [-0.3, -0.25) is 4.79 Å². The Hall–Kier alpha value is -0.870. The molecule has 0 spiro atoms. The highest BCUT2D eigenvalue weighted by molar-refractivity contribution is 7.14. The van der Waals surface area contributed by atoms with E-state index in [1.807, 2.05) is 12.1 Å². The van der Waals surface area contributed by atoms with Gasteiger partial charge in [0.25, 0.3) is 5.91 Å². The molecule has 76 valence electrons. The maximum atomic E-state index is 11.6. The zero-order valence-corrected chi connectivity index (χ0v) is 8.89. The van der Waals surface area contributed by atoms with E-state index in [1.54, 1.807) is 11.3 Å². The van der Waals surface area contributed by atoms with Gasteiger partial charge >= 0.3 is 0 Å². The zero-order chi connectivity index (χ0) is 9.97. The number of hydrogen-bond donors (Lipinski definition) is 1. The standard InChI is InChI=1S/C10H13NO2S/c1-2-8-3-4-9(14-8)10(12)11-7-5-13-6-7/h3-4,7H,2,5-6H2,1H3,(H,11,12). The molecular formula is C10H13NO2S. The predicted octanol–water partition coefficient (Wildman–Crippen LogP) is 1.44. The highest BCUT2D eigenvalue weighted by atomic mass is 32.1. The summed E-state index contributed by atoms with van der Waals surface area (Å²) in [6, 6.07) is 4.12. The largest absolute Gasteiger partial charge is 0.377 e. The van der Waals surface area contributed by atoms with Crippen LogP contribution in [-0.2, 0) is 11.2 Å². The Morgan fingerprint density at radius 2 is 2.43 bits per heavy atom. The molecule has 1 saturated heterocycles. The molecule has 0 aromatic carbocycles. The lowest BCUT2D eigenvalue weighted by molar-refractivity contribution is -0.00338. The maximum absolute atomic E-state index is 11.6. The SMILES string of the molecule is CCc1ccc(C(=O)NC2COC2)s1. The van der Waals surface area contributed by atoms with E-state index < -0.39 is 0 Å². The van der Waals surface area contributed by atoms with Crippen molar-refractivity contribution in [1.29, 1.82) is 0 Å². The van der Waals surface area contributed by atoms with E-state index in [0.717, 1.165) is 11.3 Å². The number of amides is 1. The third-order valence-corrected chi connectivity index (χ3v) is 3.44. The molecule has 0 unspecified atom stereocenters. The number of hydrogen-bond acceptors (Lipinski definition) is 3. The lowest BCUT2D eigenvalue weighted by atomic mass is 10.2. The van der Waals surface area contributed by atoms with Crippen LogP contribution in [0.2, 0.25) is 0 Å². The lowest BCUT2D eigenvalue weighted by Gasteiger charge is -2.26. The van der Waals surface area contributed by atoms with Gasteiger partial charge in [-0.25, -0.2) is 0 Å². The average molecular weight is 211 g/mol. The monoisotopic (exact) mass is 211 g/mol. The van der Waals surface area contributed by atoms with Crippen molar-refractivity contribution in [1.82, 2.24) is 5.32 Å². The van der Waals surface area contributed by atoms with Crippen molar-refractivity contribution >= 4 is 17.2 Å². The van der Waals surface area contributed by atoms with Crippen LogP contribution in [0.5, 0.6) is 0 Å². The van der Waals surface area contributed by atoms with Gasteiger partial charge in [0.2, 0.25) is 0 Å². The van der Waals surface area contributed by atoms with Gasteiger partial charge in [-0.1, -0.05) is 6.92 Å². The Balaban J connectivity index is 1.95. The quantitative estimate of drug-likeness (QED) is 0.821. The van der Waals surface area contributed by atoms with Crippen molar-refractivity contribution in [3.63, 3.8) is 0 Å². The van der Waals surface area contributed by atoms with E-state index in [-0.39, 0.29) is 11.9 Å². The van der Waals surface area contributed by atoms with Crippen LogP contribution in [0.1, 0.15) is 21.5 Å². The van der Waals surface area contributed by atoms with Gasteiger partial charge < -0.3 is 10.1 Å². The molecule has 4 heteroatoms. The van der Waals surface area contributed by atoms with Crippen molar-refractivity contribution in [2.75, 3.05) is 13.2 Å². The summed E-state index contributed by atoms with van der Waals surface area (Å²) in [4.78, 5) is 13.7. The van der Waals surface area contributed by atoms with Gasteiger partial charge in [0.15, 0.2) is 0 Å². The number of ether oxygens (including phenoxy) is 1. The molecule has 0 bridgehead atoms. The van der Waals surface area contributed by atoms with Crippen LogP contribution in [0, 0.1) is 0 Å². The summed E-state index contributed by atoms with van der Waals surface area (Å²) >= 11 is 1.56. The van der Waals surface area contributed by atoms with Crippen molar-refractivity contribution in [2.45, 2.75) is 19.4 Å². The van der Waals surface area contributed by atoms with Gasteiger partial charge in [-0.15, -0.1) is 11.3 Å². The zero-order valence-electron chi connectivity index (χ0n) is 8.08. The van der Waals surface area contributed by atoms with E-state index in [0.29, 0.717) is 13.2 Å². The molecule has 1 aliphatic heterocycles. The Morgan fingerprint density at radius 3 is 2.93 bits per heavy atom. The summed E-state index contributed by atoms with van der Waals surface area (Å²) in [6.45, 7) is 3.39. The number of aryl methyl sites for hydroxylation is 1. The smallest absolute Gasteiger partial charge is 0.261 e. The second-order valence-corrected chi connectivity index (χ2v) is 4.50.